The topological polar surface area (TPSA) is 32.9 Å². The van der Waals surface area contributed by atoms with E-state index in [1.165, 1.54) is 4.90 Å². The van der Waals surface area contributed by atoms with Crippen LogP contribution in [0.15, 0.2) is 15.8 Å². The van der Waals surface area contributed by atoms with E-state index in [1.807, 2.05) is 19.9 Å². The molecule has 0 aromatic carbocycles. The molecule has 0 saturated heterocycles. The lowest BCUT2D eigenvalue weighted by molar-refractivity contribution is 1.04. The summed E-state index contributed by atoms with van der Waals surface area (Å²) in [5.41, 5.74) is 1.78. The summed E-state index contributed by atoms with van der Waals surface area (Å²) in [6.07, 6.45) is 0. The van der Waals surface area contributed by atoms with E-state index in [1.54, 1.807) is 11.8 Å². The third-order valence-corrected chi connectivity index (χ3v) is 2.70. The molecule has 1 N–H and O–H groups in total. The zero-order valence-corrected chi connectivity index (χ0v) is 8.42. The van der Waals surface area contributed by atoms with Gasteiger partial charge in [-0.05, 0) is 25.7 Å². The normalized spacial score (nSPS) is 10.2. The SMILES string of the molecule is CCSc1cc(C)c(=O)[nH]c1C. The Labute approximate surface area is 76.4 Å². The second-order valence-corrected chi connectivity index (χ2v) is 4.01. The molecule has 12 heavy (non-hydrogen) atoms. The van der Waals surface area contributed by atoms with Crippen LogP contribution in [-0.2, 0) is 0 Å². The van der Waals surface area contributed by atoms with Crippen LogP contribution in [-0.4, -0.2) is 10.7 Å². The molecule has 1 aromatic heterocycles. The van der Waals surface area contributed by atoms with Gasteiger partial charge in [0.1, 0.15) is 0 Å². The Balaban J connectivity index is 3.14. The number of rotatable bonds is 2. The molecule has 0 aliphatic heterocycles. The van der Waals surface area contributed by atoms with Gasteiger partial charge in [0, 0.05) is 16.2 Å². The Morgan fingerprint density at radius 2 is 2.17 bits per heavy atom. The maximum Gasteiger partial charge on any atom is 0.251 e. The maximum atomic E-state index is 11.1. The number of thioether (sulfide) groups is 1. The van der Waals surface area contributed by atoms with Crippen molar-refractivity contribution in [1.82, 2.24) is 4.98 Å². The van der Waals surface area contributed by atoms with Gasteiger partial charge in [0.2, 0.25) is 0 Å². The van der Waals surface area contributed by atoms with Crippen molar-refractivity contribution in [3.05, 3.63) is 27.7 Å². The molecule has 0 spiro atoms. The van der Waals surface area contributed by atoms with Gasteiger partial charge < -0.3 is 4.98 Å². The second kappa shape index (κ2) is 3.81. The molecule has 1 aromatic rings. The highest BCUT2D eigenvalue weighted by Gasteiger charge is 2.00. The van der Waals surface area contributed by atoms with Gasteiger partial charge in [0.05, 0.1) is 0 Å². The molecule has 1 rings (SSSR count). The number of H-pyrrole nitrogens is 1. The molecule has 0 amide bonds. The predicted molar refractivity (Wildman–Crippen MR) is 52.9 cm³/mol. The number of aromatic amines is 1. The van der Waals surface area contributed by atoms with Crippen molar-refractivity contribution >= 4 is 11.8 Å². The molecule has 0 atom stereocenters. The fourth-order valence-electron chi connectivity index (χ4n) is 1.01. The summed E-state index contributed by atoms with van der Waals surface area (Å²) in [5.74, 6) is 1.03. The number of pyridine rings is 1. The van der Waals surface area contributed by atoms with Gasteiger partial charge in [-0.3, -0.25) is 4.79 Å². The Bertz CT molecular complexity index is 330. The van der Waals surface area contributed by atoms with E-state index in [0.717, 1.165) is 17.0 Å². The highest BCUT2D eigenvalue weighted by Crippen LogP contribution is 2.19. The van der Waals surface area contributed by atoms with Gasteiger partial charge in [-0.1, -0.05) is 6.92 Å². The smallest absolute Gasteiger partial charge is 0.251 e. The molecular weight excluding hydrogens is 170 g/mol. The van der Waals surface area contributed by atoms with Crippen molar-refractivity contribution < 1.29 is 0 Å². The van der Waals surface area contributed by atoms with E-state index in [0.29, 0.717) is 0 Å². The summed E-state index contributed by atoms with van der Waals surface area (Å²) in [7, 11) is 0. The molecule has 3 heteroatoms. The minimum atomic E-state index is 0.0213. The maximum absolute atomic E-state index is 11.1. The molecule has 0 fully saturated rings. The van der Waals surface area contributed by atoms with Gasteiger partial charge in [-0.25, -0.2) is 0 Å². The van der Waals surface area contributed by atoms with E-state index in [4.69, 9.17) is 0 Å². The van der Waals surface area contributed by atoms with Crippen LogP contribution in [0.2, 0.25) is 0 Å². The molecule has 0 aliphatic carbocycles. The summed E-state index contributed by atoms with van der Waals surface area (Å²) in [6.45, 7) is 5.86. The molecule has 0 bridgehead atoms. The van der Waals surface area contributed by atoms with Crippen LogP contribution in [0.4, 0.5) is 0 Å². The first-order valence-corrected chi connectivity index (χ1v) is 4.97. The largest absolute Gasteiger partial charge is 0.325 e. The van der Waals surface area contributed by atoms with E-state index in [-0.39, 0.29) is 5.56 Å². The van der Waals surface area contributed by atoms with Gasteiger partial charge in [0.15, 0.2) is 0 Å². The number of aromatic nitrogens is 1. The lowest BCUT2D eigenvalue weighted by atomic mass is 10.3. The Morgan fingerprint density at radius 3 is 2.75 bits per heavy atom. The molecule has 0 radical (unpaired) electrons. The van der Waals surface area contributed by atoms with Crippen molar-refractivity contribution in [3.8, 4) is 0 Å². The fourth-order valence-corrected chi connectivity index (χ4v) is 1.84. The molecule has 66 valence electrons. The third kappa shape index (κ3) is 1.91. The summed E-state index contributed by atoms with van der Waals surface area (Å²) in [6, 6.07) is 1.95. The van der Waals surface area contributed by atoms with Crippen molar-refractivity contribution in [2.75, 3.05) is 5.75 Å². The first-order chi connectivity index (χ1) is 5.65. The average Bonchev–Trinajstić information content (AvgIpc) is 2.01. The lowest BCUT2D eigenvalue weighted by Crippen LogP contribution is -2.10. The number of nitrogens with one attached hydrogen (secondary N) is 1. The Hall–Kier alpha value is -0.700. The summed E-state index contributed by atoms with van der Waals surface area (Å²) < 4.78 is 0. The standard InChI is InChI=1S/C9H13NOS/c1-4-12-8-5-6(2)9(11)10-7(8)3/h5H,4H2,1-3H3,(H,10,11). The van der Waals surface area contributed by atoms with E-state index in [2.05, 4.69) is 11.9 Å². The van der Waals surface area contributed by atoms with Crippen LogP contribution in [0.5, 0.6) is 0 Å². The van der Waals surface area contributed by atoms with Gasteiger partial charge in [0.25, 0.3) is 5.56 Å². The molecule has 2 nitrogen and oxygen atoms in total. The molecule has 0 aliphatic rings. The van der Waals surface area contributed by atoms with E-state index in [9.17, 15) is 4.79 Å². The van der Waals surface area contributed by atoms with E-state index < -0.39 is 0 Å². The van der Waals surface area contributed by atoms with Crippen LogP contribution in [0.3, 0.4) is 0 Å². The van der Waals surface area contributed by atoms with Crippen LogP contribution >= 0.6 is 11.8 Å². The van der Waals surface area contributed by atoms with Gasteiger partial charge in [-0.2, -0.15) is 0 Å². The monoisotopic (exact) mass is 183 g/mol. The quantitative estimate of drug-likeness (QED) is 0.712. The highest BCUT2D eigenvalue weighted by molar-refractivity contribution is 7.99. The number of hydrogen-bond acceptors (Lipinski definition) is 2. The van der Waals surface area contributed by atoms with Crippen LogP contribution in [0.25, 0.3) is 0 Å². The summed E-state index contributed by atoms with van der Waals surface area (Å²) in [4.78, 5) is 15.1. The zero-order valence-electron chi connectivity index (χ0n) is 7.60. The number of hydrogen-bond donors (Lipinski definition) is 1. The Kier molecular flexibility index (Phi) is 2.98. The average molecular weight is 183 g/mol. The first kappa shape index (κ1) is 9.39. The van der Waals surface area contributed by atoms with Crippen molar-refractivity contribution in [1.29, 1.82) is 0 Å². The van der Waals surface area contributed by atoms with Crippen molar-refractivity contribution in [2.24, 2.45) is 0 Å². The van der Waals surface area contributed by atoms with E-state index >= 15 is 0 Å². The van der Waals surface area contributed by atoms with Gasteiger partial charge >= 0.3 is 0 Å². The molecule has 1 heterocycles. The zero-order chi connectivity index (χ0) is 9.14. The molecule has 0 saturated carbocycles. The first-order valence-electron chi connectivity index (χ1n) is 3.98. The third-order valence-electron chi connectivity index (χ3n) is 1.68. The minimum Gasteiger partial charge on any atom is -0.325 e. The van der Waals surface area contributed by atoms with Crippen LogP contribution in [0.1, 0.15) is 18.2 Å². The summed E-state index contributed by atoms with van der Waals surface area (Å²) in [5, 5.41) is 0. The number of aryl methyl sites for hydroxylation is 2. The summed E-state index contributed by atoms with van der Waals surface area (Å²) >= 11 is 1.75. The van der Waals surface area contributed by atoms with Crippen molar-refractivity contribution in [2.45, 2.75) is 25.7 Å². The van der Waals surface area contributed by atoms with Gasteiger partial charge in [-0.15, -0.1) is 11.8 Å². The second-order valence-electron chi connectivity index (χ2n) is 2.70. The lowest BCUT2D eigenvalue weighted by Gasteiger charge is -2.03. The predicted octanol–water partition coefficient (Wildman–Crippen LogP) is 2.10. The minimum absolute atomic E-state index is 0.0213. The van der Waals surface area contributed by atoms with Crippen LogP contribution in [0, 0.1) is 13.8 Å². The van der Waals surface area contributed by atoms with Crippen LogP contribution < -0.4 is 5.56 Å². The highest BCUT2D eigenvalue weighted by atomic mass is 32.2. The Morgan fingerprint density at radius 1 is 1.50 bits per heavy atom. The fraction of sp³-hybridized carbons (Fsp3) is 0.444. The molecular formula is C9H13NOS. The van der Waals surface area contributed by atoms with Crippen molar-refractivity contribution in [3.63, 3.8) is 0 Å². The molecule has 0 unspecified atom stereocenters.